The van der Waals surface area contributed by atoms with Crippen LogP contribution in [0.25, 0.3) is 10.8 Å². The Bertz CT molecular complexity index is 1130. The fraction of sp³-hybridized carbons (Fsp3) is 0.452. The number of carbonyl (C=O) groups is 1. The van der Waals surface area contributed by atoms with Crippen LogP contribution < -0.4 is 14.8 Å². The van der Waals surface area contributed by atoms with Gasteiger partial charge in [-0.2, -0.15) is 0 Å². The highest BCUT2D eigenvalue weighted by molar-refractivity contribution is 6.06. The largest absolute Gasteiger partial charge is 0.488 e. The zero-order chi connectivity index (χ0) is 25.5. The van der Waals surface area contributed by atoms with Crippen LogP contribution in [-0.4, -0.2) is 23.7 Å². The van der Waals surface area contributed by atoms with Gasteiger partial charge in [-0.1, -0.05) is 56.3 Å². The van der Waals surface area contributed by atoms with Crippen LogP contribution in [0.2, 0.25) is 0 Å². The zero-order valence-corrected chi connectivity index (χ0v) is 22.2. The normalized spacial score (nSPS) is 11.9. The van der Waals surface area contributed by atoms with Gasteiger partial charge in [0, 0.05) is 18.2 Å². The van der Waals surface area contributed by atoms with E-state index >= 15 is 0 Å². The topological polar surface area (TPSA) is 47.6 Å². The Hall–Kier alpha value is -3.01. The molecule has 0 aliphatic heterocycles. The molecule has 0 saturated heterocycles. The molecule has 3 aromatic carbocycles. The lowest BCUT2D eigenvalue weighted by Crippen LogP contribution is -2.28. The lowest BCUT2D eigenvalue weighted by molar-refractivity contribution is 0.0942. The molecule has 0 bridgehead atoms. The van der Waals surface area contributed by atoms with Gasteiger partial charge >= 0.3 is 0 Å². The lowest BCUT2D eigenvalue weighted by Gasteiger charge is -2.29. The Labute approximate surface area is 211 Å². The Morgan fingerprint density at radius 3 is 2.26 bits per heavy atom. The summed E-state index contributed by atoms with van der Waals surface area (Å²) in [6.07, 6.45) is 4.58. The molecule has 4 nitrogen and oxygen atoms in total. The van der Waals surface area contributed by atoms with Gasteiger partial charge < -0.3 is 14.8 Å². The van der Waals surface area contributed by atoms with Gasteiger partial charge in [-0.05, 0) is 88.3 Å². The SMILES string of the molecule is CCC(C)(C)Oc1ccc(CCCCNC(=O)c2cccc3ccccc23)c(OC(C)(C)CC)c1. The van der Waals surface area contributed by atoms with Crippen molar-refractivity contribution in [2.45, 2.75) is 84.8 Å². The predicted molar refractivity (Wildman–Crippen MR) is 146 cm³/mol. The lowest BCUT2D eigenvalue weighted by atomic mass is 10.0. The molecule has 0 heterocycles. The molecule has 0 radical (unpaired) electrons. The molecular formula is C31H41NO3. The number of aryl methyl sites for hydroxylation is 1. The second-order valence-corrected chi connectivity index (χ2v) is 10.4. The van der Waals surface area contributed by atoms with E-state index in [4.69, 9.17) is 9.47 Å². The minimum Gasteiger partial charge on any atom is -0.488 e. The van der Waals surface area contributed by atoms with E-state index in [1.807, 2.05) is 54.6 Å². The Morgan fingerprint density at radius 1 is 0.829 bits per heavy atom. The van der Waals surface area contributed by atoms with E-state index in [-0.39, 0.29) is 17.1 Å². The van der Waals surface area contributed by atoms with Crippen LogP contribution in [0.3, 0.4) is 0 Å². The maximum absolute atomic E-state index is 12.8. The molecule has 0 aromatic heterocycles. The minimum absolute atomic E-state index is 0.0180. The van der Waals surface area contributed by atoms with Crippen molar-refractivity contribution in [3.8, 4) is 11.5 Å². The second-order valence-electron chi connectivity index (χ2n) is 10.4. The Morgan fingerprint density at radius 2 is 1.51 bits per heavy atom. The van der Waals surface area contributed by atoms with Gasteiger partial charge in [-0.25, -0.2) is 0 Å². The summed E-state index contributed by atoms with van der Waals surface area (Å²) in [6.45, 7) is 13.3. The summed E-state index contributed by atoms with van der Waals surface area (Å²) in [5.74, 6) is 1.71. The van der Waals surface area contributed by atoms with E-state index in [0.717, 1.165) is 59.9 Å². The van der Waals surface area contributed by atoms with Crippen molar-refractivity contribution in [2.24, 2.45) is 0 Å². The van der Waals surface area contributed by atoms with Crippen molar-refractivity contribution >= 4 is 16.7 Å². The number of amides is 1. The van der Waals surface area contributed by atoms with E-state index in [9.17, 15) is 4.79 Å². The average molecular weight is 476 g/mol. The van der Waals surface area contributed by atoms with Gasteiger partial charge in [0.25, 0.3) is 5.91 Å². The number of benzene rings is 3. The number of ether oxygens (including phenoxy) is 2. The molecule has 0 atom stereocenters. The summed E-state index contributed by atoms with van der Waals surface area (Å²) in [5, 5.41) is 5.16. The van der Waals surface area contributed by atoms with Crippen LogP contribution in [-0.2, 0) is 6.42 Å². The maximum Gasteiger partial charge on any atom is 0.251 e. The van der Waals surface area contributed by atoms with E-state index in [1.165, 1.54) is 5.56 Å². The third-order valence-corrected chi connectivity index (χ3v) is 6.71. The van der Waals surface area contributed by atoms with E-state index in [1.54, 1.807) is 0 Å². The second kappa shape index (κ2) is 11.6. The van der Waals surface area contributed by atoms with Crippen LogP contribution in [0.15, 0.2) is 60.7 Å². The molecule has 0 fully saturated rings. The predicted octanol–water partition coefficient (Wildman–Crippen LogP) is 7.73. The summed E-state index contributed by atoms with van der Waals surface area (Å²) in [5.41, 5.74) is 1.43. The summed E-state index contributed by atoms with van der Waals surface area (Å²) in [7, 11) is 0. The van der Waals surface area contributed by atoms with E-state index < -0.39 is 0 Å². The van der Waals surface area contributed by atoms with Gasteiger partial charge in [0.1, 0.15) is 22.7 Å². The van der Waals surface area contributed by atoms with Crippen molar-refractivity contribution < 1.29 is 14.3 Å². The average Bonchev–Trinajstić information content (AvgIpc) is 2.84. The third kappa shape index (κ3) is 7.48. The zero-order valence-electron chi connectivity index (χ0n) is 22.2. The van der Waals surface area contributed by atoms with E-state index in [2.05, 4.69) is 52.9 Å². The molecule has 1 amide bonds. The van der Waals surface area contributed by atoms with Crippen molar-refractivity contribution in [2.75, 3.05) is 6.54 Å². The minimum atomic E-state index is -0.250. The van der Waals surface area contributed by atoms with E-state index in [0.29, 0.717) is 6.54 Å². The maximum atomic E-state index is 12.8. The molecule has 0 saturated carbocycles. The first kappa shape index (κ1) is 26.6. The molecule has 4 heteroatoms. The number of fused-ring (bicyclic) bond motifs is 1. The van der Waals surface area contributed by atoms with Crippen molar-refractivity contribution in [1.82, 2.24) is 5.32 Å². The monoisotopic (exact) mass is 475 g/mol. The summed E-state index contributed by atoms with van der Waals surface area (Å²) in [4.78, 5) is 12.8. The molecular weight excluding hydrogens is 434 g/mol. The van der Waals surface area contributed by atoms with Crippen LogP contribution in [0.5, 0.6) is 11.5 Å². The first-order valence-corrected chi connectivity index (χ1v) is 12.9. The smallest absolute Gasteiger partial charge is 0.251 e. The highest BCUT2D eigenvalue weighted by atomic mass is 16.5. The Balaban J connectivity index is 1.60. The molecule has 3 rings (SSSR count). The fourth-order valence-electron chi connectivity index (χ4n) is 3.82. The first-order valence-electron chi connectivity index (χ1n) is 12.9. The number of carbonyl (C=O) groups excluding carboxylic acids is 1. The van der Waals surface area contributed by atoms with Crippen LogP contribution in [0.1, 0.15) is 83.1 Å². The fourth-order valence-corrected chi connectivity index (χ4v) is 3.82. The van der Waals surface area contributed by atoms with Crippen molar-refractivity contribution in [3.05, 3.63) is 71.8 Å². The molecule has 0 aliphatic rings. The third-order valence-electron chi connectivity index (χ3n) is 6.71. The van der Waals surface area contributed by atoms with Gasteiger partial charge in [0.15, 0.2) is 0 Å². The molecule has 3 aromatic rings. The van der Waals surface area contributed by atoms with Gasteiger partial charge in [0.2, 0.25) is 0 Å². The standard InChI is InChI=1S/C31H41NO3/c1-7-30(3,4)34-25-20-19-24(28(22-25)35-31(5,6)8-2)15-11-12-21-32-29(33)27-18-13-16-23-14-9-10-17-26(23)27/h9-10,13-14,16-20,22H,7-8,11-12,15,21H2,1-6H3,(H,32,33). The highest BCUT2D eigenvalue weighted by Crippen LogP contribution is 2.32. The van der Waals surface area contributed by atoms with Crippen LogP contribution in [0.4, 0.5) is 0 Å². The van der Waals surface area contributed by atoms with Crippen LogP contribution in [0, 0.1) is 0 Å². The quantitative estimate of drug-likeness (QED) is 0.273. The molecule has 0 unspecified atom stereocenters. The summed E-state index contributed by atoms with van der Waals surface area (Å²) >= 11 is 0. The molecule has 35 heavy (non-hydrogen) atoms. The van der Waals surface area contributed by atoms with Crippen molar-refractivity contribution in [3.63, 3.8) is 0 Å². The number of hydrogen-bond donors (Lipinski definition) is 1. The first-order chi connectivity index (χ1) is 16.6. The van der Waals surface area contributed by atoms with Crippen LogP contribution >= 0.6 is 0 Å². The number of rotatable bonds is 12. The number of nitrogens with one attached hydrogen (secondary N) is 1. The summed E-state index contributed by atoms with van der Waals surface area (Å²) in [6, 6.07) is 20.1. The Kier molecular flexibility index (Phi) is 8.82. The summed E-state index contributed by atoms with van der Waals surface area (Å²) < 4.78 is 12.6. The number of hydrogen-bond acceptors (Lipinski definition) is 3. The molecule has 0 aliphatic carbocycles. The number of unbranched alkanes of at least 4 members (excludes halogenated alkanes) is 1. The van der Waals surface area contributed by atoms with Gasteiger partial charge in [-0.3, -0.25) is 4.79 Å². The molecule has 188 valence electrons. The molecule has 0 spiro atoms. The highest BCUT2D eigenvalue weighted by Gasteiger charge is 2.21. The van der Waals surface area contributed by atoms with Gasteiger partial charge in [-0.15, -0.1) is 0 Å². The van der Waals surface area contributed by atoms with Crippen molar-refractivity contribution in [1.29, 1.82) is 0 Å². The van der Waals surface area contributed by atoms with Gasteiger partial charge in [0.05, 0.1) is 0 Å². The molecule has 1 N–H and O–H groups in total.